The second kappa shape index (κ2) is 13.9. The molecule has 0 unspecified atom stereocenters. The van der Waals surface area contributed by atoms with Gasteiger partial charge < -0.3 is 0 Å². The third-order valence-corrected chi connectivity index (χ3v) is 5.05. The molecule has 3 heteroatoms. The Hall–Kier alpha value is -1.28. The topological polar surface area (TPSA) is 17.1 Å². The fourth-order valence-corrected chi connectivity index (χ4v) is 3.34. The van der Waals surface area contributed by atoms with E-state index < -0.39 is 0 Å². The van der Waals surface area contributed by atoms with Crippen molar-refractivity contribution in [3.63, 3.8) is 0 Å². The fourth-order valence-electron chi connectivity index (χ4n) is 2.54. The monoisotopic (exact) mass is 438 g/mol. The van der Waals surface area contributed by atoms with Gasteiger partial charge in [-0.3, -0.25) is 4.79 Å². The van der Waals surface area contributed by atoms with Crippen molar-refractivity contribution in [1.82, 2.24) is 0 Å². The quantitative estimate of drug-likeness (QED) is 0.518. The van der Waals surface area contributed by atoms with E-state index in [-0.39, 0.29) is 22.2 Å². The molecule has 2 saturated carbocycles. The average molecular weight is 438 g/mol. The second-order valence-corrected chi connectivity index (χ2v) is 7.15. The predicted molar refractivity (Wildman–Crippen MR) is 119 cm³/mol. The molecule has 0 aromatic heterocycles. The van der Waals surface area contributed by atoms with Crippen LogP contribution in [0, 0.1) is 63.7 Å². The maximum absolute atomic E-state index is 12.1. The van der Waals surface area contributed by atoms with Gasteiger partial charge in [0, 0.05) is 17.2 Å². The van der Waals surface area contributed by atoms with Crippen LogP contribution in [0.4, 0.5) is 0 Å². The van der Waals surface area contributed by atoms with Crippen molar-refractivity contribution in [3.8, 4) is 0 Å². The average Bonchev–Trinajstić information content (AvgIpc) is 3.49. The van der Waals surface area contributed by atoms with E-state index in [2.05, 4.69) is 49.3 Å². The van der Waals surface area contributed by atoms with Crippen LogP contribution in [0.25, 0.3) is 6.08 Å². The van der Waals surface area contributed by atoms with Crippen molar-refractivity contribution in [1.29, 1.82) is 0 Å². The van der Waals surface area contributed by atoms with Crippen molar-refractivity contribution in [2.45, 2.75) is 5.75 Å². The minimum absolute atomic E-state index is 0. The molecule has 0 amide bonds. The standard InChI is InChI=1S/C21H17OS.C5H5.Fe/c22-21(20-8-2-1-3-9-20)23-16-19-14-12-18(13-15-19)11-10-17-6-4-5-7-17;1-2-4-5-3-1;/h1-15H,16H2;1-5H;/q;;+2/b11-10+;;. The Morgan fingerprint density at radius 3 is 1.90 bits per heavy atom. The van der Waals surface area contributed by atoms with Crippen LogP contribution in [-0.2, 0) is 22.8 Å². The number of carbonyl (C=O) groups is 1. The third kappa shape index (κ3) is 8.95. The maximum Gasteiger partial charge on any atom is 2.00 e. The number of allylic oxidation sites excluding steroid dienone is 1. The summed E-state index contributed by atoms with van der Waals surface area (Å²) in [6, 6.07) is 17.7. The van der Waals surface area contributed by atoms with Gasteiger partial charge in [0.15, 0.2) is 0 Å². The van der Waals surface area contributed by atoms with Gasteiger partial charge in [-0.25, -0.2) is 0 Å². The predicted octanol–water partition coefficient (Wildman–Crippen LogP) is 6.20. The van der Waals surface area contributed by atoms with Crippen LogP contribution in [0.2, 0.25) is 0 Å². The zero-order valence-electron chi connectivity index (χ0n) is 15.9. The molecular weight excluding hydrogens is 416 g/mol. The number of hydrogen-bond donors (Lipinski definition) is 0. The largest absolute Gasteiger partial charge is 2.00 e. The third-order valence-electron chi connectivity index (χ3n) is 4.07. The molecule has 2 fully saturated rings. The molecule has 144 valence electrons. The molecule has 10 radical (unpaired) electrons. The van der Waals surface area contributed by atoms with Crippen LogP contribution < -0.4 is 0 Å². The fraction of sp³-hybridized carbons (Fsp3) is 0.0385. The van der Waals surface area contributed by atoms with Crippen molar-refractivity contribution >= 4 is 23.0 Å². The first kappa shape index (κ1) is 24.0. The number of carbonyl (C=O) groups excluding carboxylic acids is 1. The summed E-state index contributed by atoms with van der Waals surface area (Å²) in [4.78, 5) is 12.1. The molecule has 2 aromatic carbocycles. The summed E-state index contributed by atoms with van der Waals surface area (Å²) in [5.74, 6) is 1.90. The minimum Gasteiger partial charge on any atom is -0.282 e. The Kier molecular flexibility index (Phi) is 11.5. The van der Waals surface area contributed by atoms with Crippen molar-refractivity contribution in [2.75, 3.05) is 0 Å². The molecule has 0 saturated heterocycles. The number of benzene rings is 2. The molecule has 1 nitrogen and oxygen atoms in total. The van der Waals surface area contributed by atoms with Crippen molar-refractivity contribution < 1.29 is 21.9 Å². The van der Waals surface area contributed by atoms with Crippen molar-refractivity contribution in [3.05, 3.63) is 141 Å². The van der Waals surface area contributed by atoms with Crippen LogP contribution >= 0.6 is 11.8 Å². The van der Waals surface area contributed by atoms with Crippen LogP contribution in [0.1, 0.15) is 21.5 Å². The molecular formula is C26H22FeOS+2. The smallest absolute Gasteiger partial charge is 0.282 e. The minimum atomic E-state index is 0. The van der Waals surface area contributed by atoms with Crippen LogP contribution in [0.5, 0.6) is 0 Å². The number of hydrogen-bond acceptors (Lipinski definition) is 2. The maximum atomic E-state index is 12.1. The van der Waals surface area contributed by atoms with Gasteiger partial charge in [-0.1, -0.05) is 78.5 Å². The van der Waals surface area contributed by atoms with Gasteiger partial charge in [-0.2, -0.15) is 0 Å². The summed E-state index contributed by atoms with van der Waals surface area (Å²) >= 11 is 1.34. The van der Waals surface area contributed by atoms with Gasteiger partial charge in [0.05, 0.1) is 0 Å². The van der Waals surface area contributed by atoms with E-state index in [1.54, 1.807) is 0 Å². The second-order valence-electron chi connectivity index (χ2n) is 6.20. The Morgan fingerprint density at radius 1 is 0.724 bits per heavy atom. The normalized spacial score (nSPS) is 16.3. The summed E-state index contributed by atoms with van der Waals surface area (Å²) in [5, 5.41) is 0.116. The van der Waals surface area contributed by atoms with E-state index in [1.807, 2.05) is 75.3 Å². The summed E-state index contributed by atoms with van der Waals surface area (Å²) in [5.41, 5.74) is 3.07. The molecule has 2 aromatic rings. The van der Waals surface area contributed by atoms with Crippen molar-refractivity contribution in [2.24, 2.45) is 0 Å². The van der Waals surface area contributed by atoms with E-state index in [9.17, 15) is 4.79 Å². The van der Waals surface area contributed by atoms with Gasteiger partial charge in [0.1, 0.15) is 0 Å². The molecule has 29 heavy (non-hydrogen) atoms. The van der Waals surface area contributed by atoms with E-state index in [4.69, 9.17) is 0 Å². The molecule has 2 aliphatic rings. The Balaban J connectivity index is 0.000000437. The van der Waals surface area contributed by atoms with Gasteiger partial charge in [0.2, 0.25) is 5.12 Å². The van der Waals surface area contributed by atoms with Gasteiger partial charge >= 0.3 is 17.1 Å². The van der Waals surface area contributed by atoms with Gasteiger partial charge in [-0.15, -0.1) is 0 Å². The summed E-state index contributed by atoms with van der Waals surface area (Å²) in [7, 11) is 0. The first-order valence-corrected chi connectivity index (χ1v) is 10.2. The molecule has 2 aliphatic carbocycles. The first-order chi connectivity index (χ1) is 13.8. The molecule has 0 N–H and O–H groups in total. The van der Waals surface area contributed by atoms with Gasteiger partial charge in [-0.05, 0) is 68.9 Å². The first-order valence-electron chi connectivity index (χ1n) is 9.19. The van der Waals surface area contributed by atoms with E-state index >= 15 is 0 Å². The van der Waals surface area contributed by atoms with Crippen LogP contribution in [0.15, 0.2) is 60.7 Å². The van der Waals surface area contributed by atoms with E-state index in [0.29, 0.717) is 5.75 Å². The summed E-state index contributed by atoms with van der Waals surface area (Å²) in [6.45, 7) is 0. The molecule has 0 atom stereocenters. The molecule has 0 aliphatic heterocycles. The zero-order valence-corrected chi connectivity index (χ0v) is 17.8. The van der Waals surface area contributed by atoms with E-state index in [0.717, 1.165) is 16.7 Å². The number of rotatable bonds is 5. The van der Waals surface area contributed by atoms with Gasteiger partial charge in [0.25, 0.3) is 0 Å². The zero-order chi connectivity index (χ0) is 19.4. The summed E-state index contributed by atoms with van der Waals surface area (Å²) < 4.78 is 0. The Morgan fingerprint density at radius 2 is 1.31 bits per heavy atom. The summed E-state index contributed by atoms with van der Waals surface area (Å²) in [6.07, 6.45) is 22.4. The molecule has 0 bridgehead atoms. The number of thioether (sulfide) groups is 1. The SMILES string of the molecule is O=C(SCc1ccc(/C=C/[C]2[CH][CH][CH][CH]2)cc1)c1ccccc1.[CH]1[CH][CH][CH][CH]1.[Fe+2]. The van der Waals surface area contributed by atoms with Crippen LogP contribution in [-0.4, -0.2) is 5.12 Å². The Labute approximate surface area is 191 Å². The Bertz CT molecular complexity index is 721. The molecule has 0 spiro atoms. The van der Waals surface area contributed by atoms with E-state index in [1.165, 1.54) is 17.7 Å². The molecule has 0 heterocycles. The molecule has 4 rings (SSSR count). The van der Waals surface area contributed by atoms with Crippen LogP contribution in [0.3, 0.4) is 0 Å².